The molecule has 0 aliphatic rings. The summed E-state index contributed by atoms with van der Waals surface area (Å²) in [5.74, 6) is -1.40. The van der Waals surface area contributed by atoms with Gasteiger partial charge in [0.2, 0.25) is 5.91 Å². The van der Waals surface area contributed by atoms with E-state index in [2.05, 4.69) is 4.74 Å². The van der Waals surface area contributed by atoms with Crippen LogP contribution in [0.4, 0.5) is 0 Å². The van der Waals surface area contributed by atoms with E-state index >= 15 is 0 Å². The van der Waals surface area contributed by atoms with Gasteiger partial charge in [-0.15, -0.1) is 0 Å². The Kier molecular flexibility index (Phi) is 6.99. The van der Waals surface area contributed by atoms with Gasteiger partial charge in [0.05, 0.1) is 24.8 Å². The largest absolute Gasteiger partial charge is 0.469 e. The van der Waals surface area contributed by atoms with Crippen LogP contribution >= 0.6 is 0 Å². The molecule has 0 aliphatic heterocycles. The molecule has 2 N–H and O–H groups in total. The van der Waals surface area contributed by atoms with Crippen LogP contribution in [-0.4, -0.2) is 63.9 Å². The molecule has 112 valence electrons. The molecule has 7 nitrogen and oxygen atoms in total. The lowest BCUT2D eigenvalue weighted by atomic mass is 10.1. The van der Waals surface area contributed by atoms with E-state index in [9.17, 15) is 18.0 Å². The number of hydrogen-bond donors (Lipinski definition) is 1. The normalized spacial score (nSPS) is 14.6. The topological polar surface area (TPSA) is 107 Å². The zero-order valence-electron chi connectivity index (χ0n) is 11.8. The summed E-state index contributed by atoms with van der Waals surface area (Å²) in [6, 6.07) is -0.885. The molecule has 0 aromatic carbocycles. The molecule has 0 aromatic heterocycles. The zero-order chi connectivity index (χ0) is 15.2. The monoisotopic (exact) mass is 294 g/mol. The molecule has 0 saturated carbocycles. The maximum atomic E-state index is 11.9. The summed E-state index contributed by atoms with van der Waals surface area (Å²) in [5.41, 5.74) is 5.64. The first-order chi connectivity index (χ1) is 8.58. The Morgan fingerprint density at radius 3 is 2.32 bits per heavy atom. The number of likely N-dealkylation sites (N-methyl/N-ethyl adjacent to an activating group) is 1. The van der Waals surface area contributed by atoms with E-state index < -0.39 is 27.8 Å². The fraction of sp³-hybridized carbons (Fsp3) is 0.818. The van der Waals surface area contributed by atoms with Crippen LogP contribution in [0, 0.1) is 5.92 Å². The van der Waals surface area contributed by atoms with Gasteiger partial charge in [0.15, 0.2) is 0 Å². The minimum Gasteiger partial charge on any atom is -0.469 e. The van der Waals surface area contributed by atoms with Crippen LogP contribution in [0.3, 0.4) is 0 Å². The number of sulfone groups is 1. The van der Waals surface area contributed by atoms with Gasteiger partial charge in [0.1, 0.15) is 9.84 Å². The summed E-state index contributed by atoms with van der Waals surface area (Å²) in [4.78, 5) is 24.4. The van der Waals surface area contributed by atoms with Gasteiger partial charge in [0.25, 0.3) is 0 Å². The Labute approximate surface area is 114 Å². The summed E-state index contributed by atoms with van der Waals surface area (Å²) >= 11 is 0. The first-order valence-electron chi connectivity index (χ1n) is 5.84. The summed E-state index contributed by atoms with van der Waals surface area (Å²) in [5, 5.41) is 0. The highest BCUT2D eigenvalue weighted by Crippen LogP contribution is 2.04. The van der Waals surface area contributed by atoms with E-state index in [0.717, 1.165) is 6.26 Å². The van der Waals surface area contributed by atoms with Crippen molar-refractivity contribution < 1.29 is 22.7 Å². The molecule has 0 spiro atoms. The van der Waals surface area contributed by atoms with E-state index in [1.54, 1.807) is 6.92 Å². The van der Waals surface area contributed by atoms with E-state index in [-0.39, 0.29) is 24.6 Å². The smallest absolute Gasteiger partial charge is 0.310 e. The fourth-order valence-corrected chi connectivity index (χ4v) is 2.21. The third-order valence-electron chi connectivity index (χ3n) is 2.64. The van der Waals surface area contributed by atoms with Crippen molar-refractivity contribution >= 4 is 21.7 Å². The van der Waals surface area contributed by atoms with Crippen molar-refractivity contribution in [2.24, 2.45) is 11.7 Å². The minimum absolute atomic E-state index is 0.0641. The molecular formula is C11H22N2O5S. The van der Waals surface area contributed by atoms with Crippen LogP contribution in [0.1, 0.15) is 13.3 Å². The Bertz CT molecular complexity index is 421. The number of hydrogen-bond acceptors (Lipinski definition) is 6. The fourth-order valence-electron chi connectivity index (χ4n) is 1.52. The summed E-state index contributed by atoms with van der Waals surface area (Å²) in [7, 11) is -0.351. The highest BCUT2D eigenvalue weighted by Gasteiger charge is 2.23. The van der Waals surface area contributed by atoms with Crippen LogP contribution < -0.4 is 5.73 Å². The maximum absolute atomic E-state index is 11.9. The minimum atomic E-state index is -3.14. The average molecular weight is 294 g/mol. The van der Waals surface area contributed by atoms with Gasteiger partial charge in [-0.25, -0.2) is 8.42 Å². The van der Waals surface area contributed by atoms with Crippen molar-refractivity contribution in [3.05, 3.63) is 0 Å². The van der Waals surface area contributed by atoms with Gasteiger partial charge in [-0.3, -0.25) is 9.59 Å². The molecule has 1 amide bonds. The standard InChI is InChI=1S/C11H22N2O5S/c1-8(11(15)18-3)7-13(2)10(14)9(12)5-6-19(4,16)17/h8-9H,5-7,12H2,1-4H3. The first-order valence-corrected chi connectivity index (χ1v) is 7.90. The number of carbonyl (C=O) groups excluding carboxylic acids is 2. The quantitative estimate of drug-likeness (QED) is 0.605. The number of nitrogens with two attached hydrogens (primary N) is 1. The van der Waals surface area contributed by atoms with Gasteiger partial charge in [-0.2, -0.15) is 0 Å². The summed E-state index contributed by atoms with van der Waals surface area (Å²) in [6.07, 6.45) is 1.15. The van der Waals surface area contributed by atoms with Gasteiger partial charge in [-0.05, 0) is 6.42 Å². The maximum Gasteiger partial charge on any atom is 0.310 e. The highest BCUT2D eigenvalue weighted by atomic mass is 32.2. The van der Waals surface area contributed by atoms with Crippen LogP contribution in [-0.2, 0) is 24.2 Å². The predicted molar refractivity (Wildman–Crippen MR) is 71.1 cm³/mol. The zero-order valence-corrected chi connectivity index (χ0v) is 12.6. The highest BCUT2D eigenvalue weighted by molar-refractivity contribution is 7.90. The van der Waals surface area contributed by atoms with Crippen molar-refractivity contribution in [2.75, 3.05) is 32.7 Å². The van der Waals surface area contributed by atoms with Crippen molar-refractivity contribution in [1.82, 2.24) is 4.90 Å². The number of carbonyl (C=O) groups is 2. The molecule has 0 rings (SSSR count). The average Bonchev–Trinajstić information content (AvgIpc) is 2.32. The third-order valence-corrected chi connectivity index (χ3v) is 3.62. The number of methoxy groups -OCH3 is 1. The van der Waals surface area contributed by atoms with Crippen LogP contribution in [0.25, 0.3) is 0 Å². The van der Waals surface area contributed by atoms with Gasteiger partial charge in [0, 0.05) is 19.8 Å². The van der Waals surface area contributed by atoms with Gasteiger partial charge in [-0.1, -0.05) is 6.92 Å². The molecule has 0 saturated heterocycles. The Balaban J connectivity index is 4.36. The first kappa shape index (κ1) is 17.8. The van der Waals surface area contributed by atoms with E-state index in [4.69, 9.17) is 5.73 Å². The third kappa shape index (κ3) is 7.12. The molecule has 0 bridgehead atoms. The SMILES string of the molecule is COC(=O)C(C)CN(C)C(=O)C(N)CCS(C)(=O)=O. The van der Waals surface area contributed by atoms with E-state index in [1.807, 2.05) is 0 Å². The molecule has 2 atom stereocenters. The van der Waals surface area contributed by atoms with Crippen LogP contribution in [0.5, 0.6) is 0 Å². The van der Waals surface area contributed by atoms with E-state index in [1.165, 1.54) is 19.1 Å². The number of rotatable bonds is 7. The predicted octanol–water partition coefficient (Wildman–Crippen LogP) is -0.984. The molecule has 0 aliphatic carbocycles. The lowest BCUT2D eigenvalue weighted by molar-refractivity contribution is -0.146. The van der Waals surface area contributed by atoms with Gasteiger partial charge < -0.3 is 15.4 Å². The molecule has 19 heavy (non-hydrogen) atoms. The van der Waals surface area contributed by atoms with Crippen LogP contribution in [0.2, 0.25) is 0 Å². The van der Waals surface area contributed by atoms with Crippen molar-refractivity contribution in [3.63, 3.8) is 0 Å². The molecular weight excluding hydrogens is 272 g/mol. The lowest BCUT2D eigenvalue weighted by Crippen LogP contribution is -2.45. The van der Waals surface area contributed by atoms with Crippen molar-refractivity contribution in [2.45, 2.75) is 19.4 Å². The molecule has 8 heteroatoms. The Morgan fingerprint density at radius 1 is 1.37 bits per heavy atom. The summed E-state index contributed by atoms with van der Waals surface area (Å²) < 4.78 is 26.5. The van der Waals surface area contributed by atoms with Crippen molar-refractivity contribution in [3.8, 4) is 0 Å². The second-order valence-corrected chi connectivity index (χ2v) is 6.93. The van der Waals surface area contributed by atoms with Crippen molar-refractivity contribution in [1.29, 1.82) is 0 Å². The molecule has 0 aromatic rings. The van der Waals surface area contributed by atoms with Crippen LogP contribution in [0.15, 0.2) is 0 Å². The Hall–Kier alpha value is -1.15. The second kappa shape index (κ2) is 7.44. The molecule has 2 unspecified atom stereocenters. The number of ether oxygens (including phenoxy) is 1. The molecule has 0 radical (unpaired) electrons. The summed E-state index contributed by atoms with van der Waals surface area (Å²) in [6.45, 7) is 1.82. The number of nitrogens with zero attached hydrogens (tertiary/aromatic N) is 1. The number of esters is 1. The van der Waals surface area contributed by atoms with Gasteiger partial charge >= 0.3 is 5.97 Å². The molecule has 0 fully saturated rings. The number of amides is 1. The second-order valence-electron chi connectivity index (χ2n) is 4.67. The van der Waals surface area contributed by atoms with E-state index in [0.29, 0.717) is 0 Å². The molecule has 0 heterocycles. The Morgan fingerprint density at radius 2 is 1.89 bits per heavy atom. The lowest BCUT2D eigenvalue weighted by Gasteiger charge is -2.23.